The van der Waals surface area contributed by atoms with E-state index in [1.165, 1.54) is 0 Å². The van der Waals surface area contributed by atoms with E-state index in [1.807, 2.05) is 18.2 Å². The van der Waals surface area contributed by atoms with Crippen LogP contribution in [-0.2, 0) is 19.9 Å². The second-order valence-corrected chi connectivity index (χ2v) is 5.90. The number of esters is 1. The molecule has 1 aliphatic rings. The van der Waals surface area contributed by atoms with Crippen LogP contribution in [-0.4, -0.2) is 24.9 Å². The number of nitrogens with one attached hydrogen (secondary N) is 1. The number of benzene rings is 1. The highest BCUT2D eigenvalue weighted by Gasteiger charge is 2.42. The summed E-state index contributed by atoms with van der Waals surface area (Å²) in [5.41, 5.74) is 0.0357. The van der Waals surface area contributed by atoms with Gasteiger partial charge in [0.2, 0.25) is 0 Å². The molecule has 0 heterocycles. The maximum absolute atomic E-state index is 12.6. The van der Waals surface area contributed by atoms with Gasteiger partial charge in [0, 0.05) is 18.0 Å². The van der Waals surface area contributed by atoms with Crippen molar-refractivity contribution in [3.63, 3.8) is 0 Å². The summed E-state index contributed by atoms with van der Waals surface area (Å²) in [4.78, 5) is 24.1. The first-order valence-electron chi connectivity index (χ1n) is 7.79. The molecule has 1 N–H and O–H groups in total. The van der Waals surface area contributed by atoms with E-state index in [4.69, 9.17) is 16.3 Å². The lowest BCUT2D eigenvalue weighted by atomic mass is 9.75. The Labute approximate surface area is 136 Å². The van der Waals surface area contributed by atoms with Gasteiger partial charge in [-0.1, -0.05) is 36.2 Å². The maximum atomic E-state index is 12.6. The molecule has 2 rings (SSSR count). The zero-order chi connectivity index (χ0) is 16.0. The van der Waals surface area contributed by atoms with Crippen LogP contribution in [0, 0.1) is 0 Å². The van der Waals surface area contributed by atoms with Crippen LogP contribution >= 0.6 is 11.6 Å². The van der Waals surface area contributed by atoms with Gasteiger partial charge in [-0.3, -0.25) is 9.59 Å². The number of carbonyl (C=O) groups is 2. The van der Waals surface area contributed by atoms with Gasteiger partial charge >= 0.3 is 5.97 Å². The van der Waals surface area contributed by atoms with Crippen molar-refractivity contribution in [3.8, 4) is 0 Å². The van der Waals surface area contributed by atoms with Gasteiger partial charge in [-0.15, -0.1) is 0 Å². The van der Waals surface area contributed by atoms with E-state index >= 15 is 0 Å². The zero-order valence-electron chi connectivity index (χ0n) is 12.9. The molecule has 0 bridgehead atoms. The zero-order valence-corrected chi connectivity index (χ0v) is 13.6. The van der Waals surface area contributed by atoms with Gasteiger partial charge in [-0.25, -0.2) is 0 Å². The molecule has 1 aromatic carbocycles. The lowest BCUT2D eigenvalue weighted by Gasteiger charge is -2.37. The lowest BCUT2D eigenvalue weighted by molar-refractivity contribution is -0.143. The van der Waals surface area contributed by atoms with E-state index in [0.29, 0.717) is 31.0 Å². The molecular formula is C17H22ClNO3. The number of carbonyl (C=O) groups excluding carboxylic acids is 2. The number of Topliss-reactive ketones (excluding diaryl/α,β-unsaturated/α-hetero) is 1. The summed E-state index contributed by atoms with van der Waals surface area (Å²) >= 11 is 6.32. The average molecular weight is 324 g/mol. The SMILES string of the molecule is CCOC(=O)CCN[C@]1(c2ccccc2Cl)CCCCC1=O. The topological polar surface area (TPSA) is 55.4 Å². The molecule has 1 saturated carbocycles. The fourth-order valence-electron chi connectivity index (χ4n) is 3.01. The molecule has 120 valence electrons. The Hall–Kier alpha value is -1.39. The molecule has 0 aliphatic heterocycles. The van der Waals surface area contributed by atoms with Crippen molar-refractivity contribution in [2.75, 3.05) is 13.2 Å². The normalized spacial score (nSPS) is 21.6. The minimum atomic E-state index is -0.775. The molecule has 0 spiro atoms. The van der Waals surface area contributed by atoms with Crippen LogP contribution in [0.1, 0.15) is 44.6 Å². The predicted octanol–water partition coefficient (Wildman–Crippen LogP) is 3.22. The molecule has 0 amide bonds. The van der Waals surface area contributed by atoms with E-state index < -0.39 is 5.54 Å². The monoisotopic (exact) mass is 323 g/mol. The fraction of sp³-hybridized carbons (Fsp3) is 0.529. The van der Waals surface area contributed by atoms with Crippen LogP contribution in [0.2, 0.25) is 5.02 Å². The summed E-state index contributed by atoms with van der Waals surface area (Å²) in [5, 5.41) is 3.88. The summed E-state index contributed by atoms with van der Waals surface area (Å²) in [6, 6.07) is 7.43. The Balaban J connectivity index is 2.18. The molecule has 0 saturated heterocycles. The summed E-state index contributed by atoms with van der Waals surface area (Å²) in [6.07, 6.45) is 3.36. The van der Waals surface area contributed by atoms with E-state index in [-0.39, 0.29) is 18.2 Å². The second kappa shape index (κ2) is 7.75. The van der Waals surface area contributed by atoms with Gasteiger partial charge in [-0.05, 0) is 31.4 Å². The van der Waals surface area contributed by atoms with Crippen LogP contribution in [0.4, 0.5) is 0 Å². The number of ether oxygens (including phenoxy) is 1. The van der Waals surface area contributed by atoms with Crippen LogP contribution < -0.4 is 5.32 Å². The van der Waals surface area contributed by atoms with Gasteiger partial charge < -0.3 is 10.1 Å². The third-order valence-corrected chi connectivity index (χ3v) is 4.41. The van der Waals surface area contributed by atoms with Gasteiger partial charge in [-0.2, -0.15) is 0 Å². The minimum Gasteiger partial charge on any atom is -0.466 e. The summed E-state index contributed by atoms with van der Waals surface area (Å²) < 4.78 is 4.93. The Morgan fingerprint density at radius 1 is 1.36 bits per heavy atom. The van der Waals surface area contributed by atoms with Gasteiger partial charge in [0.25, 0.3) is 0 Å². The fourth-order valence-corrected chi connectivity index (χ4v) is 3.31. The van der Waals surface area contributed by atoms with Crippen molar-refractivity contribution in [1.29, 1.82) is 0 Å². The van der Waals surface area contributed by atoms with E-state index in [2.05, 4.69) is 5.32 Å². The smallest absolute Gasteiger partial charge is 0.307 e. The van der Waals surface area contributed by atoms with Crippen LogP contribution in [0.3, 0.4) is 0 Å². The molecule has 5 heteroatoms. The highest BCUT2D eigenvalue weighted by molar-refractivity contribution is 6.31. The third kappa shape index (κ3) is 3.68. The van der Waals surface area contributed by atoms with E-state index in [1.54, 1.807) is 13.0 Å². The van der Waals surface area contributed by atoms with Crippen LogP contribution in [0.5, 0.6) is 0 Å². The quantitative estimate of drug-likeness (QED) is 0.817. The van der Waals surface area contributed by atoms with Crippen molar-refractivity contribution >= 4 is 23.4 Å². The van der Waals surface area contributed by atoms with Gasteiger partial charge in [0.15, 0.2) is 5.78 Å². The molecule has 22 heavy (non-hydrogen) atoms. The van der Waals surface area contributed by atoms with Crippen molar-refractivity contribution in [3.05, 3.63) is 34.9 Å². The number of hydrogen-bond acceptors (Lipinski definition) is 4. The van der Waals surface area contributed by atoms with Gasteiger partial charge in [0.1, 0.15) is 5.54 Å². The molecule has 0 aromatic heterocycles. The standard InChI is InChI=1S/C17H22ClNO3/c1-2-22-16(21)10-12-19-17(11-6-5-9-15(17)20)13-7-3-4-8-14(13)18/h3-4,7-8,19H,2,5-6,9-12H2,1H3/t17-/m0/s1. The Kier molecular flexibility index (Phi) is 5.98. The van der Waals surface area contributed by atoms with Crippen molar-refractivity contribution in [2.45, 2.75) is 44.6 Å². The highest BCUT2D eigenvalue weighted by Crippen LogP contribution is 2.37. The van der Waals surface area contributed by atoms with E-state index in [0.717, 1.165) is 18.4 Å². The number of ketones is 1. The first kappa shape index (κ1) is 17.0. The number of hydrogen-bond donors (Lipinski definition) is 1. The van der Waals surface area contributed by atoms with Crippen molar-refractivity contribution in [2.24, 2.45) is 0 Å². The van der Waals surface area contributed by atoms with Crippen LogP contribution in [0.25, 0.3) is 0 Å². The summed E-state index contributed by atoms with van der Waals surface area (Å²) in [6.45, 7) is 2.55. The number of halogens is 1. The lowest BCUT2D eigenvalue weighted by Crippen LogP contribution is -2.51. The number of rotatable bonds is 6. The van der Waals surface area contributed by atoms with E-state index in [9.17, 15) is 9.59 Å². The molecule has 0 radical (unpaired) electrons. The Morgan fingerprint density at radius 2 is 2.14 bits per heavy atom. The molecule has 1 fully saturated rings. The van der Waals surface area contributed by atoms with Crippen molar-refractivity contribution < 1.29 is 14.3 Å². The minimum absolute atomic E-state index is 0.149. The average Bonchev–Trinajstić information content (AvgIpc) is 2.50. The highest BCUT2D eigenvalue weighted by atomic mass is 35.5. The van der Waals surface area contributed by atoms with Crippen LogP contribution in [0.15, 0.2) is 24.3 Å². The molecule has 4 nitrogen and oxygen atoms in total. The summed E-state index contributed by atoms with van der Waals surface area (Å²) in [5.74, 6) is -0.108. The second-order valence-electron chi connectivity index (χ2n) is 5.50. The first-order valence-corrected chi connectivity index (χ1v) is 8.17. The molecule has 0 unspecified atom stereocenters. The summed E-state index contributed by atoms with van der Waals surface area (Å²) in [7, 11) is 0. The molecule has 1 aliphatic carbocycles. The van der Waals surface area contributed by atoms with Crippen molar-refractivity contribution in [1.82, 2.24) is 5.32 Å². The first-order chi connectivity index (χ1) is 10.6. The van der Waals surface area contributed by atoms with Gasteiger partial charge in [0.05, 0.1) is 13.0 Å². The predicted molar refractivity (Wildman–Crippen MR) is 85.9 cm³/mol. The Morgan fingerprint density at radius 3 is 2.82 bits per heavy atom. The molecular weight excluding hydrogens is 302 g/mol. The molecule has 1 atom stereocenters. The molecule has 1 aromatic rings. The Bertz CT molecular complexity index is 546. The maximum Gasteiger partial charge on any atom is 0.307 e. The third-order valence-electron chi connectivity index (χ3n) is 4.08. The largest absolute Gasteiger partial charge is 0.466 e.